The van der Waals surface area contributed by atoms with Crippen molar-refractivity contribution in [2.24, 2.45) is 0 Å². The zero-order valence-electron chi connectivity index (χ0n) is 14.6. The van der Waals surface area contributed by atoms with Crippen molar-refractivity contribution in [1.29, 1.82) is 0 Å². The van der Waals surface area contributed by atoms with Crippen molar-refractivity contribution >= 4 is 40.0 Å². The Hall–Kier alpha value is -1.09. The minimum atomic E-state index is -3.62. The smallest absolute Gasteiger partial charge is 0.335 e. The van der Waals surface area contributed by atoms with E-state index in [9.17, 15) is 13.2 Å². The summed E-state index contributed by atoms with van der Waals surface area (Å²) in [5, 5.41) is 8.69. The number of hydrogen-bond acceptors (Lipinski definition) is 4. The summed E-state index contributed by atoms with van der Waals surface area (Å²) in [5.41, 5.74) is 3.30. The predicted molar refractivity (Wildman–Crippen MR) is 101 cm³/mol. The molecule has 136 valence electrons. The number of rotatable bonds is 7. The number of nitrogens with one attached hydrogen (secondary N) is 1. The number of benzene rings is 1. The van der Waals surface area contributed by atoms with Crippen LogP contribution in [0.2, 0.25) is 18.1 Å². The van der Waals surface area contributed by atoms with E-state index in [-0.39, 0.29) is 23.0 Å². The lowest BCUT2D eigenvalue weighted by Gasteiger charge is -2.39. The Morgan fingerprint density at radius 1 is 1.33 bits per heavy atom. The van der Waals surface area contributed by atoms with Gasteiger partial charge in [-0.3, -0.25) is 0 Å². The highest BCUT2D eigenvalue weighted by atomic mass is 35.5. The lowest BCUT2D eigenvalue weighted by molar-refractivity contribution is 0.0697. The van der Waals surface area contributed by atoms with Gasteiger partial charge in [0, 0.05) is 12.4 Å². The molecule has 2 N–H and O–H groups in total. The van der Waals surface area contributed by atoms with Gasteiger partial charge < -0.3 is 10.5 Å². The summed E-state index contributed by atoms with van der Waals surface area (Å²) in [6, 6.07) is 6.02. The molecule has 0 radical (unpaired) electrons. The molecule has 1 aromatic rings. The highest BCUT2D eigenvalue weighted by molar-refractivity contribution is 8.20. The van der Waals surface area contributed by atoms with Gasteiger partial charge in [0.15, 0.2) is 9.47 Å². The van der Waals surface area contributed by atoms with Crippen LogP contribution in [0.4, 0.5) is 5.69 Å². The van der Waals surface area contributed by atoms with Crippen LogP contribution in [-0.4, -0.2) is 43.6 Å². The summed E-state index contributed by atoms with van der Waals surface area (Å²) in [4.78, 5) is 11.1. The third kappa shape index (κ3) is 4.30. The summed E-state index contributed by atoms with van der Waals surface area (Å²) in [5.74, 6) is -0.950. The van der Waals surface area contributed by atoms with Crippen LogP contribution >= 0.6 is 11.6 Å². The number of carbonyl (C=O) groups is 1. The second kappa shape index (κ2) is 7.43. The molecule has 1 rings (SSSR count). The summed E-state index contributed by atoms with van der Waals surface area (Å²) in [6.45, 7) is 9.45. The van der Waals surface area contributed by atoms with Crippen molar-refractivity contribution in [3.05, 3.63) is 29.8 Å². The Morgan fingerprint density at radius 2 is 1.92 bits per heavy atom. The van der Waals surface area contributed by atoms with Gasteiger partial charge in [-0.05, 0) is 23.2 Å². The monoisotopic (exact) mass is 392 g/mol. The molecule has 24 heavy (non-hydrogen) atoms. The lowest BCUT2D eigenvalue weighted by atomic mass is 10.2. The van der Waals surface area contributed by atoms with Crippen LogP contribution in [0.25, 0.3) is 0 Å². The number of nitrogens with zero attached hydrogens (tertiary/aromatic N) is 1. The van der Waals surface area contributed by atoms with Crippen molar-refractivity contribution in [1.82, 2.24) is 4.41 Å². The van der Waals surface area contributed by atoms with Crippen molar-refractivity contribution in [2.45, 2.75) is 38.9 Å². The number of halogens is 1. The molecule has 0 aromatic heterocycles. The van der Waals surface area contributed by atoms with E-state index < -0.39 is 22.7 Å². The zero-order chi connectivity index (χ0) is 18.8. The average Bonchev–Trinajstić information content (AvgIpc) is 2.45. The third-order valence-corrected chi connectivity index (χ3v) is 16.7. The van der Waals surface area contributed by atoms with E-state index in [4.69, 9.17) is 16.7 Å². The van der Waals surface area contributed by atoms with Crippen molar-refractivity contribution in [2.75, 3.05) is 17.9 Å². The number of alkyl halides is 1. The molecule has 0 saturated carbocycles. The highest BCUT2D eigenvalue weighted by Gasteiger charge is 2.50. The molecule has 0 bridgehead atoms. The van der Waals surface area contributed by atoms with Crippen LogP contribution in [0.1, 0.15) is 31.1 Å². The van der Waals surface area contributed by atoms with Crippen LogP contribution in [0.5, 0.6) is 0 Å². The van der Waals surface area contributed by atoms with Crippen LogP contribution in [0.3, 0.4) is 0 Å². The number of carboxylic acids is 1. The van der Waals surface area contributed by atoms with Crippen molar-refractivity contribution in [3.63, 3.8) is 0 Å². The normalized spacial score (nSPS) is 13.1. The first-order chi connectivity index (χ1) is 10.8. The number of hydrazine groups is 1. The minimum absolute atomic E-state index is 0.0792. The fourth-order valence-electron chi connectivity index (χ4n) is 1.84. The fraction of sp³-hybridized carbons (Fsp3) is 0.533. The Bertz CT molecular complexity index is 702. The topological polar surface area (TPSA) is 86.7 Å². The zero-order valence-corrected chi connectivity index (χ0v) is 17.2. The largest absolute Gasteiger partial charge is 0.478 e. The maximum atomic E-state index is 13.2. The summed E-state index contributed by atoms with van der Waals surface area (Å²) < 4.78 is 27.5. The van der Waals surface area contributed by atoms with E-state index >= 15 is 0 Å². The second-order valence-electron chi connectivity index (χ2n) is 7.02. The molecule has 6 nitrogen and oxygen atoms in total. The molecule has 1 aromatic carbocycles. The average molecular weight is 393 g/mol. The van der Waals surface area contributed by atoms with Gasteiger partial charge >= 0.3 is 5.97 Å². The SMILES string of the molecule is CC(C)(C)[Si](C)(C)S(=O)(=O)N(CCCl)Nc1cccc(C(=O)O)c1. The predicted octanol–water partition coefficient (Wildman–Crippen LogP) is 3.59. The van der Waals surface area contributed by atoms with Crippen molar-refractivity contribution in [3.8, 4) is 0 Å². The van der Waals surface area contributed by atoms with Gasteiger partial charge in [0.1, 0.15) is 0 Å². The summed E-state index contributed by atoms with van der Waals surface area (Å²) in [6.07, 6.45) is 0. The molecule has 0 heterocycles. The molecule has 9 heteroatoms. The van der Waals surface area contributed by atoms with Gasteiger partial charge in [-0.2, -0.15) is 0 Å². The number of carboxylic acid groups (broad SMARTS) is 1. The molecule has 0 fully saturated rings. The van der Waals surface area contributed by atoms with Gasteiger partial charge in [0.05, 0.1) is 11.3 Å². The van der Waals surface area contributed by atoms with Crippen molar-refractivity contribution < 1.29 is 18.3 Å². The van der Waals surface area contributed by atoms with E-state index in [0.717, 1.165) is 4.41 Å². The molecular weight excluding hydrogens is 368 g/mol. The standard InChI is InChI=1S/C15H25ClN2O4SSi/c1-15(2,3)24(4,5)23(21,22)18(10-9-16)17-13-8-6-7-12(11-13)14(19)20/h6-8,11,17H,9-10H2,1-5H3,(H,19,20). The third-order valence-electron chi connectivity index (χ3n) is 4.39. The lowest BCUT2D eigenvalue weighted by Crippen LogP contribution is -2.55. The first kappa shape index (κ1) is 21.0. The van der Waals surface area contributed by atoms with E-state index in [1.54, 1.807) is 25.2 Å². The molecule has 0 saturated heterocycles. The van der Waals surface area contributed by atoms with E-state index in [1.165, 1.54) is 12.1 Å². The minimum Gasteiger partial charge on any atom is -0.478 e. The first-order valence-corrected chi connectivity index (χ1v) is 13.2. The molecule has 0 aliphatic heterocycles. The highest BCUT2D eigenvalue weighted by Crippen LogP contribution is 2.40. The Balaban J connectivity index is 3.24. The summed E-state index contributed by atoms with van der Waals surface area (Å²) in [7, 11) is -6.38. The van der Waals surface area contributed by atoms with Gasteiger partial charge in [0.25, 0.3) is 0 Å². The quantitative estimate of drug-likeness (QED) is 0.420. The molecule has 0 atom stereocenters. The molecule has 0 spiro atoms. The Labute approximate surface area is 149 Å². The molecular formula is C15H25ClN2O4SSi. The van der Waals surface area contributed by atoms with E-state index in [2.05, 4.69) is 5.43 Å². The molecule has 0 unspecified atom stereocenters. The number of hydrogen-bond donors (Lipinski definition) is 2. The van der Waals surface area contributed by atoms with Gasteiger partial charge in [-0.1, -0.05) is 39.9 Å². The van der Waals surface area contributed by atoms with Crippen LogP contribution in [-0.2, 0) is 9.47 Å². The molecule has 0 aliphatic carbocycles. The van der Waals surface area contributed by atoms with Crippen LogP contribution in [0, 0.1) is 0 Å². The van der Waals surface area contributed by atoms with Gasteiger partial charge in [0.2, 0.25) is 7.22 Å². The number of anilines is 1. The van der Waals surface area contributed by atoms with E-state index in [1.807, 2.05) is 20.8 Å². The van der Waals surface area contributed by atoms with Crippen LogP contribution < -0.4 is 5.43 Å². The Kier molecular flexibility index (Phi) is 6.48. The summed E-state index contributed by atoms with van der Waals surface area (Å²) >= 11 is 5.79. The van der Waals surface area contributed by atoms with Crippen LogP contribution in [0.15, 0.2) is 24.3 Å². The van der Waals surface area contributed by atoms with E-state index in [0.29, 0.717) is 5.69 Å². The maximum Gasteiger partial charge on any atom is 0.335 e. The fourth-order valence-corrected chi connectivity index (χ4v) is 8.38. The first-order valence-electron chi connectivity index (χ1n) is 7.53. The maximum absolute atomic E-state index is 13.2. The van der Waals surface area contributed by atoms with Gasteiger partial charge in [-0.25, -0.2) is 13.2 Å². The van der Waals surface area contributed by atoms with Gasteiger partial charge in [-0.15, -0.1) is 16.0 Å². The molecule has 0 amide bonds. The molecule has 0 aliphatic rings. The second-order valence-corrected chi connectivity index (χ2v) is 17.9. The Morgan fingerprint density at radius 3 is 2.38 bits per heavy atom. The number of aromatic carboxylic acids is 1.